The number of phenols is 1. The highest BCUT2D eigenvalue weighted by Crippen LogP contribution is 2.45. The van der Waals surface area contributed by atoms with E-state index in [1.54, 1.807) is 23.2 Å². The number of pyridine rings is 1. The van der Waals surface area contributed by atoms with Gasteiger partial charge in [-0.05, 0) is 49.3 Å². The van der Waals surface area contributed by atoms with Crippen molar-refractivity contribution >= 4 is 11.6 Å². The van der Waals surface area contributed by atoms with E-state index in [-0.39, 0.29) is 11.7 Å². The lowest BCUT2D eigenvalue weighted by Crippen LogP contribution is -2.64. The normalized spacial score (nSPS) is 26.8. The second kappa shape index (κ2) is 5.45. The molecule has 3 aromatic rings. The molecule has 1 aliphatic heterocycles. The highest BCUT2D eigenvalue weighted by atomic mass is 16.3. The van der Waals surface area contributed by atoms with E-state index in [1.807, 2.05) is 48.8 Å². The topological polar surface area (TPSA) is 69.9 Å². The summed E-state index contributed by atoms with van der Waals surface area (Å²) < 4.78 is 2.01. The molecular formula is C22H22N4O2. The van der Waals surface area contributed by atoms with E-state index < -0.39 is 11.2 Å². The van der Waals surface area contributed by atoms with E-state index in [0.717, 1.165) is 22.5 Å². The van der Waals surface area contributed by atoms with Crippen LogP contribution in [0.25, 0.3) is 16.9 Å². The Hall–Kier alpha value is -3.12. The molecule has 0 saturated carbocycles. The highest BCUT2D eigenvalue weighted by molar-refractivity contribution is 5.82. The summed E-state index contributed by atoms with van der Waals surface area (Å²) in [5.41, 5.74) is 3.85. The molecule has 2 aromatic heterocycles. The van der Waals surface area contributed by atoms with E-state index in [9.17, 15) is 9.90 Å². The number of aromatic nitrogens is 2. The first-order valence-corrected chi connectivity index (χ1v) is 9.35. The third-order valence-electron chi connectivity index (χ3n) is 6.10. The summed E-state index contributed by atoms with van der Waals surface area (Å²) >= 11 is 0. The van der Waals surface area contributed by atoms with Crippen LogP contribution in [0.3, 0.4) is 0 Å². The van der Waals surface area contributed by atoms with Crippen LogP contribution < -0.4 is 5.32 Å². The van der Waals surface area contributed by atoms with Crippen molar-refractivity contribution in [2.24, 2.45) is 0 Å². The third kappa shape index (κ3) is 2.31. The van der Waals surface area contributed by atoms with Crippen LogP contribution in [-0.4, -0.2) is 38.0 Å². The van der Waals surface area contributed by atoms with Crippen molar-refractivity contribution in [3.05, 3.63) is 66.0 Å². The van der Waals surface area contributed by atoms with Crippen LogP contribution in [0.2, 0.25) is 0 Å². The van der Waals surface area contributed by atoms with Gasteiger partial charge in [-0.3, -0.25) is 14.5 Å². The highest BCUT2D eigenvalue weighted by Gasteiger charge is 2.55. The van der Waals surface area contributed by atoms with Crippen LogP contribution in [0.1, 0.15) is 25.8 Å². The fourth-order valence-electron chi connectivity index (χ4n) is 4.30. The largest absolute Gasteiger partial charge is 0.508 e. The van der Waals surface area contributed by atoms with Crippen molar-refractivity contribution in [2.75, 3.05) is 7.05 Å². The molecule has 6 heteroatoms. The summed E-state index contributed by atoms with van der Waals surface area (Å²) in [5.74, 6) is 0.337. The average Bonchev–Trinajstić information content (AvgIpc) is 3.11. The number of rotatable bonds is 2. The molecule has 1 amide bonds. The number of nitrogens with one attached hydrogen (secondary N) is 1. The lowest BCUT2D eigenvalue weighted by atomic mass is 9.85. The zero-order valence-electron chi connectivity index (χ0n) is 16.1. The standard InChI is InChI=1S/C22H22N4O2/c1-14-10-22(14)24-21(2,11-20(28)25(22)3)16-7-8-19-23-12-18(26(19)13-16)15-5-4-6-17(27)9-15/h4-10,12-13,24,27H,11H2,1-3H3/t21-,22?/m0/s1. The van der Waals surface area contributed by atoms with Gasteiger partial charge in [-0.2, -0.15) is 0 Å². The number of hydrogen-bond acceptors (Lipinski definition) is 4. The van der Waals surface area contributed by atoms with E-state index >= 15 is 0 Å². The van der Waals surface area contributed by atoms with Crippen LogP contribution in [0, 0.1) is 0 Å². The fourth-order valence-corrected chi connectivity index (χ4v) is 4.30. The molecule has 1 aliphatic carbocycles. The number of likely N-dealkylation sites (N-methyl/N-ethyl adjacent to an activating group) is 1. The van der Waals surface area contributed by atoms with Crippen LogP contribution in [0.4, 0.5) is 0 Å². The Morgan fingerprint density at radius 2 is 2.04 bits per heavy atom. The SMILES string of the molecule is CC1=CC12N[C@](C)(c1ccc3ncc(-c4cccc(O)c4)n3c1)CC(=O)N2C. The minimum Gasteiger partial charge on any atom is -0.508 e. The zero-order chi connectivity index (χ0) is 19.7. The molecule has 0 bridgehead atoms. The summed E-state index contributed by atoms with van der Waals surface area (Å²) in [7, 11) is 1.85. The molecule has 1 aromatic carbocycles. The molecule has 2 N–H and O–H groups in total. The van der Waals surface area contributed by atoms with Crippen LogP contribution in [0.15, 0.2) is 60.4 Å². The van der Waals surface area contributed by atoms with E-state index in [1.165, 1.54) is 5.57 Å². The van der Waals surface area contributed by atoms with E-state index in [2.05, 4.69) is 23.3 Å². The fraction of sp³-hybridized carbons (Fsp3) is 0.273. The molecule has 2 aliphatic rings. The third-order valence-corrected chi connectivity index (χ3v) is 6.10. The predicted molar refractivity (Wildman–Crippen MR) is 107 cm³/mol. The molecule has 28 heavy (non-hydrogen) atoms. The maximum absolute atomic E-state index is 12.7. The number of carbonyl (C=O) groups is 1. The second-order valence-electron chi connectivity index (χ2n) is 8.02. The molecule has 1 saturated heterocycles. The van der Waals surface area contributed by atoms with Crippen molar-refractivity contribution < 1.29 is 9.90 Å². The number of hydrogen-bond donors (Lipinski definition) is 2. The Labute approximate surface area is 163 Å². The number of carbonyl (C=O) groups excluding carboxylic acids is 1. The second-order valence-corrected chi connectivity index (χ2v) is 8.02. The maximum Gasteiger partial charge on any atom is 0.226 e. The lowest BCUT2D eigenvalue weighted by molar-refractivity contribution is -0.139. The summed E-state index contributed by atoms with van der Waals surface area (Å²) in [6.07, 6.45) is 6.32. The van der Waals surface area contributed by atoms with Crippen molar-refractivity contribution in [3.8, 4) is 17.0 Å². The summed E-state index contributed by atoms with van der Waals surface area (Å²) in [6.45, 7) is 4.12. The first kappa shape index (κ1) is 17.0. The van der Waals surface area contributed by atoms with E-state index in [4.69, 9.17) is 0 Å². The van der Waals surface area contributed by atoms with E-state index in [0.29, 0.717) is 6.42 Å². The number of nitrogens with zero attached hydrogens (tertiary/aromatic N) is 3. The molecule has 1 unspecified atom stereocenters. The van der Waals surface area contributed by atoms with Gasteiger partial charge in [0.1, 0.15) is 17.1 Å². The van der Waals surface area contributed by atoms with Crippen LogP contribution in [-0.2, 0) is 10.3 Å². The number of aromatic hydroxyl groups is 1. The predicted octanol–water partition coefficient (Wildman–Crippen LogP) is 3.03. The molecule has 6 nitrogen and oxygen atoms in total. The quantitative estimate of drug-likeness (QED) is 0.677. The Morgan fingerprint density at radius 3 is 2.75 bits per heavy atom. The molecule has 3 heterocycles. The molecular weight excluding hydrogens is 352 g/mol. The Balaban J connectivity index is 1.60. The first-order chi connectivity index (χ1) is 13.3. The van der Waals surface area contributed by atoms with Gasteiger partial charge in [-0.1, -0.05) is 18.2 Å². The minimum absolute atomic E-state index is 0.119. The van der Waals surface area contributed by atoms with Gasteiger partial charge in [0.2, 0.25) is 5.91 Å². The van der Waals surface area contributed by atoms with Crippen molar-refractivity contribution in [1.82, 2.24) is 19.6 Å². The van der Waals surface area contributed by atoms with Crippen molar-refractivity contribution in [3.63, 3.8) is 0 Å². The zero-order valence-corrected chi connectivity index (χ0v) is 16.1. The van der Waals surface area contributed by atoms with Gasteiger partial charge in [0.05, 0.1) is 17.4 Å². The van der Waals surface area contributed by atoms with Gasteiger partial charge in [0.15, 0.2) is 0 Å². The summed E-state index contributed by atoms with van der Waals surface area (Å²) in [6, 6.07) is 11.1. The summed E-state index contributed by atoms with van der Waals surface area (Å²) in [4.78, 5) is 19.0. The van der Waals surface area contributed by atoms with Gasteiger partial charge in [0.25, 0.3) is 0 Å². The summed E-state index contributed by atoms with van der Waals surface area (Å²) in [5, 5.41) is 13.5. The smallest absolute Gasteiger partial charge is 0.226 e. The van der Waals surface area contributed by atoms with Crippen molar-refractivity contribution in [1.29, 1.82) is 0 Å². The molecule has 142 valence electrons. The van der Waals surface area contributed by atoms with Crippen LogP contribution >= 0.6 is 0 Å². The van der Waals surface area contributed by atoms with Crippen LogP contribution in [0.5, 0.6) is 5.75 Å². The monoisotopic (exact) mass is 374 g/mol. The number of imidazole rings is 1. The van der Waals surface area contributed by atoms with Gasteiger partial charge in [-0.25, -0.2) is 4.98 Å². The molecule has 2 atom stereocenters. The van der Waals surface area contributed by atoms with Gasteiger partial charge in [0, 0.05) is 25.2 Å². The average molecular weight is 374 g/mol. The van der Waals surface area contributed by atoms with Gasteiger partial charge >= 0.3 is 0 Å². The first-order valence-electron chi connectivity index (χ1n) is 9.35. The molecule has 1 spiro atoms. The Morgan fingerprint density at radius 1 is 1.25 bits per heavy atom. The molecule has 5 rings (SSSR count). The number of benzene rings is 1. The van der Waals surface area contributed by atoms with Crippen molar-refractivity contribution in [2.45, 2.75) is 31.5 Å². The Bertz CT molecular complexity index is 1160. The van der Waals surface area contributed by atoms with Gasteiger partial charge < -0.3 is 10.0 Å². The molecule has 0 radical (unpaired) electrons. The minimum atomic E-state index is -0.494. The number of phenolic OH excluding ortho intramolecular Hbond substituents is 1. The molecule has 1 fully saturated rings. The van der Waals surface area contributed by atoms with Gasteiger partial charge in [-0.15, -0.1) is 0 Å². The number of fused-ring (bicyclic) bond motifs is 1. The maximum atomic E-state index is 12.7. The lowest BCUT2D eigenvalue weighted by Gasteiger charge is -2.46. The number of amides is 1. The Kier molecular flexibility index (Phi) is 3.31.